The number of Topliss-reactive ketones (excluding diaryl/α,β-unsaturated/α-hetero) is 1. The van der Waals surface area contributed by atoms with Crippen molar-refractivity contribution in [2.75, 3.05) is 11.4 Å². The first-order valence-corrected chi connectivity index (χ1v) is 6.16. The highest BCUT2D eigenvalue weighted by molar-refractivity contribution is 6.52. The molecule has 0 unspecified atom stereocenters. The summed E-state index contributed by atoms with van der Waals surface area (Å²) >= 11 is 0. The Hall–Kier alpha value is -2.24. The molecule has 6 heteroatoms. The molecule has 0 bridgehead atoms. The van der Waals surface area contributed by atoms with Crippen molar-refractivity contribution in [3.63, 3.8) is 0 Å². The minimum atomic E-state index is -0.811. The third kappa shape index (κ3) is 2.68. The Morgan fingerprint density at radius 2 is 1.95 bits per heavy atom. The second kappa shape index (κ2) is 4.70. The number of carbonyl (C=O) groups excluding carboxylic acids is 3. The molecule has 106 valence electrons. The fourth-order valence-corrected chi connectivity index (χ4v) is 2.03. The van der Waals surface area contributed by atoms with Crippen LogP contribution < -0.4 is 10.2 Å². The zero-order valence-corrected chi connectivity index (χ0v) is 11.5. The predicted molar refractivity (Wildman–Crippen MR) is 71.0 cm³/mol. The van der Waals surface area contributed by atoms with Gasteiger partial charge < -0.3 is 5.32 Å². The third-order valence-corrected chi connectivity index (χ3v) is 2.75. The molecule has 2 rings (SSSR count). The summed E-state index contributed by atoms with van der Waals surface area (Å²) in [6, 6.07) is 3.46. The largest absolute Gasteiger partial charge is 0.350 e. The van der Waals surface area contributed by atoms with E-state index >= 15 is 0 Å². The molecule has 0 aromatic heterocycles. The molecule has 0 saturated carbocycles. The molecular weight excluding hydrogens is 263 g/mol. The van der Waals surface area contributed by atoms with Gasteiger partial charge in [0.1, 0.15) is 12.4 Å². The number of carbonyl (C=O) groups is 3. The van der Waals surface area contributed by atoms with Gasteiger partial charge in [0.15, 0.2) is 0 Å². The van der Waals surface area contributed by atoms with Crippen LogP contribution in [0.3, 0.4) is 0 Å². The van der Waals surface area contributed by atoms with Crippen LogP contribution in [0, 0.1) is 5.82 Å². The summed E-state index contributed by atoms with van der Waals surface area (Å²) in [5.41, 5.74) is -0.182. The molecule has 2 amide bonds. The summed E-state index contributed by atoms with van der Waals surface area (Å²) in [6.07, 6.45) is 0. The number of ketones is 1. The first-order valence-electron chi connectivity index (χ1n) is 6.16. The zero-order valence-electron chi connectivity index (χ0n) is 11.5. The summed E-state index contributed by atoms with van der Waals surface area (Å²) in [5.74, 6) is -2.50. The van der Waals surface area contributed by atoms with Crippen LogP contribution in [0.25, 0.3) is 0 Å². The van der Waals surface area contributed by atoms with Crippen molar-refractivity contribution in [2.45, 2.75) is 26.3 Å². The fourth-order valence-electron chi connectivity index (χ4n) is 2.03. The Kier molecular flexibility index (Phi) is 3.33. The molecule has 0 spiro atoms. The molecule has 1 N–H and O–H groups in total. The second-order valence-electron chi connectivity index (χ2n) is 5.68. The lowest BCUT2D eigenvalue weighted by atomic mass is 10.1. The van der Waals surface area contributed by atoms with E-state index in [1.807, 2.05) is 0 Å². The van der Waals surface area contributed by atoms with Crippen molar-refractivity contribution in [3.8, 4) is 0 Å². The van der Waals surface area contributed by atoms with Crippen molar-refractivity contribution in [3.05, 3.63) is 29.6 Å². The lowest BCUT2D eigenvalue weighted by Gasteiger charge is -2.23. The number of nitrogens with zero attached hydrogens (tertiary/aromatic N) is 1. The van der Waals surface area contributed by atoms with E-state index in [0.717, 1.165) is 17.0 Å². The average molecular weight is 278 g/mol. The molecular formula is C14H15FN2O3. The van der Waals surface area contributed by atoms with Gasteiger partial charge in [-0.1, -0.05) is 0 Å². The number of hydrogen-bond donors (Lipinski definition) is 1. The van der Waals surface area contributed by atoms with Gasteiger partial charge >= 0.3 is 0 Å². The van der Waals surface area contributed by atoms with Crippen molar-refractivity contribution in [2.24, 2.45) is 0 Å². The topological polar surface area (TPSA) is 66.5 Å². The first-order chi connectivity index (χ1) is 9.19. The standard InChI is InChI=1S/C14H15FN2O3/c1-14(2,3)16-11(18)7-17-10-6-8(15)4-5-9(10)12(19)13(17)20/h4-6H,7H2,1-3H3,(H,16,18). The minimum absolute atomic E-state index is 0.125. The van der Waals surface area contributed by atoms with Gasteiger partial charge in [-0.3, -0.25) is 19.3 Å². The van der Waals surface area contributed by atoms with E-state index < -0.39 is 29.0 Å². The van der Waals surface area contributed by atoms with Gasteiger partial charge in [-0.15, -0.1) is 0 Å². The van der Waals surface area contributed by atoms with E-state index in [1.165, 1.54) is 6.07 Å². The molecule has 0 aliphatic carbocycles. The van der Waals surface area contributed by atoms with Gasteiger partial charge in [0, 0.05) is 5.54 Å². The van der Waals surface area contributed by atoms with Crippen LogP contribution in [0.4, 0.5) is 10.1 Å². The van der Waals surface area contributed by atoms with Crippen molar-refractivity contribution in [1.29, 1.82) is 0 Å². The number of rotatable bonds is 2. The van der Waals surface area contributed by atoms with E-state index in [-0.39, 0.29) is 17.8 Å². The molecule has 1 aromatic carbocycles. The quantitative estimate of drug-likeness (QED) is 0.828. The van der Waals surface area contributed by atoms with Gasteiger partial charge in [-0.05, 0) is 39.0 Å². The van der Waals surface area contributed by atoms with Gasteiger partial charge in [0.25, 0.3) is 11.7 Å². The lowest BCUT2D eigenvalue weighted by Crippen LogP contribution is -2.47. The van der Waals surface area contributed by atoms with Crippen molar-refractivity contribution < 1.29 is 18.8 Å². The summed E-state index contributed by atoms with van der Waals surface area (Å²) < 4.78 is 13.2. The first kappa shape index (κ1) is 14.2. The summed E-state index contributed by atoms with van der Waals surface area (Å²) in [7, 11) is 0. The molecule has 0 atom stereocenters. The van der Waals surface area contributed by atoms with Crippen LogP contribution in [0.2, 0.25) is 0 Å². The molecule has 0 radical (unpaired) electrons. The number of hydrogen-bond acceptors (Lipinski definition) is 3. The number of benzene rings is 1. The zero-order chi connectivity index (χ0) is 15.1. The number of nitrogens with one attached hydrogen (secondary N) is 1. The Balaban J connectivity index is 2.26. The van der Waals surface area contributed by atoms with E-state index in [4.69, 9.17) is 0 Å². The number of fused-ring (bicyclic) bond motifs is 1. The van der Waals surface area contributed by atoms with E-state index in [9.17, 15) is 18.8 Å². The van der Waals surface area contributed by atoms with E-state index in [1.54, 1.807) is 20.8 Å². The van der Waals surface area contributed by atoms with Gasteiger partial charge in [0.05, 0.1) is 11.3 Å². The maximum atomic E-state index is 13.2. The van der Waals surface area contributed by atoms with Gasteiger partial charge in [-0.2, -0.15) is 0 Å². The molecule has 1 heterocycles. The van der Waals surface area contributed by atoms with Crippen LogP contribution in [-0.2, 0) is 9.59 Å². The normalized spacial score (nSPS) is 14.5. The van der Waals surface area contributed by atoms with Crippen LogP contribution >= 0.6 is 0 Å². The predicted octanol–water partition coefficient (Wildman–Crippen LogP) is 1.27. The summed E-state index contributed by atoms with van der Waals surface area (Å²) in [5, 5.41) is 2.69. The number of anilines is 1. The van der Waals surface area contributed by atoms with Crippen LogP contribution in [0.1, 0.15) is 31.1 Å². The molecule has 5 nitrogen and oxygen atoms in total. The van der Waals surface area contributed by atoms with Crippen molar-refractivity contribution in [1.82, 2.24) is 5.32 Å². The van der Waals surface area contributed by atoms with Crippen LogP contribution in [0.15, 0.2) is 18.2 Å². The number of halogens is 1. The molecule has 1 aliphatic heterocycles. The maximum absolute atomic E-state index is 13.2. The van der Waals surface area contributed by atoms with Crippen LogP contribution in [0.5, 0.6) is 0 Å². The Morgan fingerprint density at radius 3 is 2.55 bits per heavy atom. The molecule has 1 aromatic rings. The SMILES string of the molecule is CC(C)(C)NC(=O)CN1C(=O)C(=O)c2ccc(F)cc21. The smallest absolute Gasteiger partial charge is 0.299 e. The second-order valence-corrected chi connectivity index (χ2v) is 5.68. The highest BCUT2D eigenvalue weighted by Crippen LogP contribution is 2.29. The molecule has 0 fully saturated rings. The molecule has 1 aliphatic rings. The van der Waals surface area contributed by atoms with E-state index in [2.05, 4.69) is 5.32 Å². The van der Waals surface area contributed by atoms with E-state index in [0.29, 0.717) is 0 Å². The Labute approximate surface area is 115 Å². The lowest BCUT2D eigenvalue weighted by molar-refractivity contribution is -0.123. The maximum Gasteiger partial charge on any atom is 0.299 e. The van der Waals surface area contributed by atoms with Gasteiger partial charge in [-0.25, -0.2) is 4.39 Å². The highest BCUT2D eigenvalue weighted by atomic mass is 19.1. The third-order valence-electron chi connectivity index (χ3n) is 2.75. The van der Waals surface area contributed by atoms with Crippen LogP contribution in [-0.4, -0.2) is 29.7 Å². The number of amides is 2. The molecule has 0 saturated heterocycles. The van der Waals surface area contributed by atoms with Gasteiger partial charge in [0.2, 0.25) is 5.91 Å². The Bertz CT molecular complexity index is 605. The van der Waals surface area contributed by atoms with Crippen molar-refractivity contribution >= 4 is 23.3 Å². The monoisotopic (exact) mass is 278 g/mol. The minimum Gasteiger partial charge on any atom is -0.350 e. The average Bonchev–Trinajstić information content (AvgIpc) is 2.52. The Morgan fingerprint density at radius 1 is 1.30 bits per heavy atom. The fraction of sp³-hybridized carbons (Fsp3) is 0.357. The molecule has 20 heavy (non-hydrogen) atoms. The summed E-state index contributed by atoms with van der Waals surface area (Å²) in [4.78, 5) is 36.4. The summed E-state index contributed by atoms with van der Waals surface area (Å²) in [6.45, 7) is 5.10. The highest BCUT2D eigenvalue weighted by Gasteiger charge is 2.37.